The zero-order valence-electron chi connectivity index (χ0n) is 8.65. The van der Waals surface area contributed by atoms with Gasteiger partial charge in [0, 0.05) is 19.2 Å². The molecule has 0 aromatic carbocycles. The van der Waals surface area contributed by atoms with Crippen LogP contribution in [0.5, 0.6) is 0 Å². The molecule has 0 atom stereocenters. The Morgan fingerprint density at radius 3 is 2.93 bits per heavy atom. The van der Waals surface area contributed by atoms with Crippen LogP contribution in [-0.2, 0) is 6.54 Å². The maximum atomic E-state index is 11.5. The molecule has 0 fully saturated rings. The molecule has 1 aromatic heterocycles. The highest BCUT2D eigenvalue weighted by molar-refractivity contribution is 5.33. The molecule has 4 heteroatoms. The Bertz CT molecular complexity index is 403. The Labute approximate surface area is 88.9 Å². The van der Waals surface area contributed by atoms with Crippen LogP contribution in [0.1, 0.15) is 25.7 Å². The quantitative estimate of drug-likeness (QED) is 0.740. The smallest absolute Gasteiger partial charge is 0.273 e. The van der Waals surface area contributed by atoms with E-state index in [1.54, 1.807) is 22.9 Å². The molecule has 0 saturated heterocycles. The fraction of sp³-hybridized carbons (Fsp3) is 0.455. The summed E-state index contributed by atoms with van der Waals surface area (Å²) >= 11 is 0. The average molecular weight is 205 g/mol. The summed E-state index contributed by atoms with van der Waals surface area (Å²) in [7, 11) is 0. The van der Waals surface area contributed by atoms with E-state index in [-0.39, 0.29) is 11.2 Å². The summed E-state index contributed by atoms with van der Waals surface area (Å²) in [4.78, 5) is 11.5. The molecule has 2 N–H and O–H groups in total. The van der Waals surface area contributed by atoms with Gasteiger partial charge >= 0.3 is 0 Å². The number of nitrogens with zero attached hydrogens (tertiary/aromatic N) is 2. The molecule has 0 aliphatic carbocycles. The second kappa shape index (κ2) is 5.86. The predicted octanol–water partition coefficient (Wildman–Crippen LogP) is 1.51. The van der Waals surface area contributed by atoms with Crippen LogP contribution in [0.2, 0.25) is 0 Å². The molecule has 0 aliphatic rings. The topological polar surface area (TPSA) is 71.8 Å². The molecular weight excluding hydrogens is 190 g/mol. The van der Waals surface area contributed by atoms with Crippen molar-refractivity contribution in [2.45, 2.75) is 32.2 Å². The van der Waals surface area contributed by atoms with Crippen molar-refractivity contribution in [1.82, 2.24) is 4.57 Å². The third kappa shape index (κ3) is 3.47. The number of unbranched alkanes of at least 4 members (excludes halogenated alkanes) is 3. The fourth-order valence-corrected chi connectivity index (χ4v) is 1.39. The minimum absolute atomic E-state index is 0.127. The molecule has 1 aromatic rings. The minimum Gasteiger partial charge on any atom is -0.394 e. The first-order valence-electron chi connectivity index (χ1n) is 5.07. The van der Waals surface area contributed by atoms with Crippen molar-refractivity contribution in [3.63, 3.8) is 0 Å². The summed E-state index contributed by atoms with van der Waals surface area (Å²) in [6.07, 6.45) is 5.10. The lowest BCUT2D eigenvalue weighted by Gasteiger charge is -2.05. The molecule has 0 aliphatic heterocycles. The van der Waals surface area contributed by atoms with Crippen LogP contribution in [0.4, 0.5) is 5.69 Å². The molecule has 4 nitrogen and oxygen atoms in total. The van der Waals surface area contributed by atoms with E-state index < -0.39 is 0 Å². The van der Waals surface area contributed by atoms with Gasteiger partial charge in [0.2, 0.25) is 0 Å². The van der Waals surface area contributed by atoms with Crippen LogP contribution in [0.3, 0.4) is 0 Å². The Morgan fingerprint density at radius 2 is 2.20 bits per heavy atom. The highest BCUT2D eigenvalue weighted by atomic mass is 16.1. The molecular formula is C11H15N3O. The van der Waals surface area contributed by atoms with Crippen molar-refractivity contribution in [3.8, 4) is 6.07 Å². The van der Waals surface area contributed by atoms with E-state index in [0.29, 0.717) is 13.0 Å². The summed E-state index contributed by atoms with van der Waals surface area (Å²) < 4.78 is 1.61. The zero-order valence-corrected chi connectivity index (χ0v) is 8.65. The van der Waals surface area contributed by atoms with Crippen molar-refractivity contribution >= 4 is 5.69 Å². The predicted molar refractivity (Wildman–Crippen MR) is 59.2 cm³/mol. The number of pyridine rings is 1. The number of hydrogen-bond donors (Lipinski definition) is 1. The van der Waals surface area contributed by atoms with E-state index in [1.165, 1.54) is 0 Å². The van der Waals surface area contributed by atoms with Crippen LogP contribution in [0.15, 0.2) is 23.1 Å². The summed E-state index contributed by atoms with van der Waals surface area (Å²) in [5.74, 6) is 0. The van der Waals surface area contributed by atoms with Crippen molar-refractivity contribution in [3.05, 3.63) is 28.7 Å². The Kier molecular flexibility index (Phi) is 4.42. The summed E-state index contributed by atoms with van der Waals surface area (Å²) in [6.45, 7) is 0.676. The van der Waals surface area contributed by atoms with Crippen LogP contribution in [0, 0.1) is 11.3 Å². The van der Waals surface area contributed by atoms with E-state index in [9.17, 15) is 4.79 Å². The number of rotatable bonds is 5. The van der Waals surface area contributed by atoms with E-state index in [0.717, 1.165) is 19.3 Å². The van der Waals surface area contributed by atoms with Gasteiger partial charge < -0.3 is 10.3 Å². The van der Waals surface area contributed by atoms with E-state index in [1.807, 2.05) is 0 Å². The van der Waals surface area contributed by atoms with Gasteiger partial charge in [-0.1, -0.05) is 6.42 Å². The van der Waals surface area contributed by atoms with Gasteiger partial charge in [-0.25, -0.2) is 0 Å². The summed E-state index contributed by atoms with van der Waals surface area (Å²) in [5.41, 5.74) is 5.66. The van der Waals surface area contributed by atoms with Gasteiger partial charge in [-0.3, -0.25) is 4.79 Å². The maximum absolute atomic E-state index is 11.5. The van der Waals surface area contributed by atoms with Crippen molar-refractivity contribution in [2.75, 3.05) is 5.73 Å². The number of aromatic nitrogens is 1. The van der Waals surface area contributed by atoms with Gasteiger partial charge in [0.15, 0.2) is 0 Å². The first-order valence-corrected chi connectivity index (χ1v) is 5.07. The zero-order chi connectivity index (χ0) is 11.1. The third-order valence-electron chi connectivity index (χ3n) is 2.24. The summed E-state index contributed by atoms with van der Waals surface area (Å²) in [5, 5.41) is 8.34. The fourth-order valence-electron chi connectivity index (χ4n) is 1.39. The number of nitrogens with two attached hydrogens (primary N) is 1. The van der Waals surface area contributed by atoms with Crippen LogP contribution < -0.4 is 11.3 Å². The molecule has 1 rings (SSSR count). The molecule has 0 bridgehead atoms. The maximum Gasteiger partial charge on any atom is 0.273 e. The monoisotopic (exact) mass is 205 g/mol. The lowest BCUT2D eigenvalue weighted by atomic mass is 10.2. The third-order valence-corrected chi connectivity index (χ3v) is 2.24. The number of aryl methyl sites for hydroxylation is 1. The number of nitrogen functional groups attached to an aromatic ring is 1. The molecule has 1 heterocycles. The van der Waals surface area contributed by atoms with E-state index in [2.05, 4.69) is 6.07 Å². The van der Waals surface area contributed by atoms with Gasteiger partial charge in [0.05, 0.1) is 11.8 Å². The van der Waals surface area contributed by atoms with Gasteiger partial charge in [-0.2, -0.15) is 5.26 Å². The first kappa shape index (κ1) is 11.3. The first-order chi connectivity index (χ1) is 7.25. The van der Waals surface area contributed by atoms with E-state index in [4.69, 9.17) is 11.0 Å². The largest absolute Gasteiger partial charge is 0.394 e. The highest BCUT2D eigenvalue weighted by Crippen LogP contribution is 2.01. The van der Waals surface area contributed by atoms with Crippen molar-refractivity contribution < 1.29 is 0 Å². The Hall–Kier alpha value is -1.76. The number of anilines is 1. The summed E-state index contributed by atoms with van der Waals surface area (Å²) in [6, 6.07) is 5.47. The molecule has 0 spiro atoms. The molecule has 0 amide bonds. The van der Waals surface area contributed by atoms with Crippen LogP contribution in [0.25, 0.3) is 0 Å². The van der Waals surface area contributed by atoms with Crippen molar-refractivity contribution in [2.24, 2.45) is 0 Å². The number of nitriles is 1. The SMILES string of the molecule is N#CCCCCCn1cccc(N)c1=O. The van der Waals surface area contributed by atoms with Gasteiger partial charge in [-0.05, 0) is 25.0 Å². The second-order valence-corrected chi connectivity index (χ2v) is 3.43. The highest BCUT2D eigenvalue weighted by Gasteiger charge is 1.98. The lowest BCUT2D eigenvalue weighted by molar-refractivity contribution is 0.579. The van der Waals surface area contributed by atoms with Crippen LogP contribution in [-0.4, -0.2) is 4.57 Å². The Morgan fingerprint density at radius 1 is 1.40 bits per heavy atom. The molecule has 0 unspecified atom stereocenters. The van der Waals surface area contributed by atoms with Crippen molar-refractivity contribution in [1.29, 1.82) is 5.26 Å². The van der Waals surface area contributed by atoms with Gasteiger partial charge in [0.25, 0.3) is 5.56 Å². The molecule has 0 saturated carbocycles. The lowest BCUT2D eigenvalue weighted by Crippen LogP contribution is -2.21. The van der Waals surface area contributed by atoms with Crippen LogP contribution >= 0.6 is 0 Å². The normalized spacial score (nSPS) is 9.80. The standard InChI is InChI=1S/C11H15N3O/c12-7-3-1-2-4-8-14-9-5-6-10(13)11(14)15/h5-6,9H,1-4,8,13H2. The average Bonchev–Trinajstić information content (AvgIpc) is 2.24. The molecule has 80 valence electrons. The van der Waals surface area contributed by atoms with Gasteiger partial charge in [-0.15, -0.1) is 0 Å². The van der Waals surface area contributed by atoms with Gasteiger partial charge in [0.1, 0.15) is 0 Å². The molecule has 0 radical (unpaired) electrons. The Balaban J connectivity index is 2.42. The number of hydrogen-bond acceptors (Lipinski definition) is 3. The minimum atomic E-state index is -0.127. The second-order valence-electron chi connectivity index (χ2n) is 3.43. The molecule has 15 heavy (non-hydrogen) atoms. The van der Waals surface area contributed by atoms with E-state index >= 15 is 0 Å².